The molecule has 5 heteroatoms. The van der Waals surface area contributed by atoms with Crippen molar-refractivity contribution in [3.8, 4) is 16.2 Å². The van der Waals surface area contributed by atoms with Gasteiger partial charge in [0.25, 0.3) is 0 Å². The van der Waals surface area contributed by atoms with Crippen LogP contribution >= 0.6 is 11.3 Å². The molecule has 0 saturated carbocycles. The lowest BCUT2D eigenvalue weighted by atomic mass is 10.1. The van der Waals surface area contributed by atoms with Gasteiger partial charge in [-0.05, 0) is 48.2 Å². The van der Waals surface area contributed by atoms with E-state index in [0.29, 0.717) is 12.4 Å². The van der Waals surface area contributed by atoms with Gasteiger partial charge in [-0.3, -0.25) is 0 Å². The van der Waals surface area contributed by atoms with Gasteiger partial charge in [0.1, 0.15) is 18.3 Å². The van der Waals surface area contributed by atoms with Crippen LogP contribution in [-0.2, 0) is 6.42 Å². The van der Waals surface area contributed by atoms with Gasteiger partial charge in [0.2, 0.25) is 0 Å². The van der Waals surface area contributed by atoms with Crippen LogP contribution in [-0.4, -0.2) is 24.2 Å². The van der Waals surface area contributed by atoms with Crippen molar-refractivity contribution in [2.45, 2.75) is 13.3 Å². The molecule has 4 nitrogen and oxygen atoms in total. The molecule has 0 saturated heterocycles. The average molecular weight is 363 g/mol. The molecule has 0 bridgehead atoms. The zero-order valence-corrected chi connectivity index (χ0v) is 15.4. The van der Waals surface area contributed by atoms with Crippen LogP contribution in [0.15, 0.2) is 59.6 Å². The molecular formula is C21H21N3OS. The Morgan fingerprint density at radius 1 is 1.15 bits per heavy atom. The summed E-state index contributed by atoms with van der Waals surface area (Å²) < 4.78 is 0. The molecule has 3 aromatic rings. The average Bonchev–Trinajstić information content (AvgIpc) is 3.08. The van der Waals surface area contributed by atoms with Gasteiger partial charge in [-0.1, -0.05) is 36.4 Å². The van der Waals surface area contributed by atoms with E-state index in [0.717, 1.165) is 24.5 Å². The number of hydrogen-bond acceptors (Lipinski definition) is 5. The van der Waals surface area contributed by atoms with Gasteiger partial charge in [-0.15, -0.1) is 11.3 Å². The number of aryl methyl sites for hydroxylation is 1. The predicted octanol–water partition coefficient (Wildman–Crippen LogP) is 4.39. The summed E-state index contributed by atoms with van der Waals surface area (Å²) in [6.45, 7) is 3.55. The van der Waals surface area contributed by atoms with Crippen LogP contribution in [0.25, 0.3) is 10.4 Å². The third kappa shape index (κ3) is 3.44. The first-order valence-electron chi connectivity index (χ1n) is 8.71. The zero-order valence-electron chi connectivity index (χ0n) is 14.6. The Kier molecular flexibility index (Phi) is 4.63. The Morgan fingerprint density at radius 2 is 1.96 bits per heavy atom. The lowest BCUT2D eigenvalue weighted by molar-refractivity contribution is 0.475. The summed E-state index contributed by atoms with van der Waals surface area (Å²) in [6.07, 6.45) is 0.887. The fraction of sp³-hybridized carbons (Fsp3) is 0.190. The van der Waals surface area contributed by atoms with Gasteiger partial charge in [0.05, 0.1) is 10.6 Å². The molecule has 4 rings (SSSR count). The normalized spacial score (nSPS) is 12.9. The maximum atomic E-state index is 9.37. The van der Waals surface area contributed by atoms with Gasteiger partial charge in [0, 0.05) is 11.4 Å². The number of phenolic OH excluding ortho intramolecular Hbond substituents is 1. The summed E-state index contributed by atoms with van der Waals surface area (Å²) in [4.78, 5) is 7.04. The maximum Gasteiger partial charge on any atom is 0.142 e. The maximum absolute atomic E-state index is 9.37. The number of anilines is 1. The second-order valence-electron chi connectivity index (χ2n) is 6.35. The number of nitrogens with one attached hydrogen (secondary N) is 2. The van der Waals surface area contributed by atoms with Crippen molar-refractivity contribution in [1.82, 2.24) is 5.32 Å². The molecule has 0 aliphatic carbocycles. The van der Waals surface area contributed by atoms with E-state index in [2.05, 4.69) is 52.9 Å². The van der Waals surface area contributed by atoms with Gasteiger partial charge in [0.15, 0.2) is 0 Å². The largest absolute Gasteiger partial charge is 0.508 e. The minimum absolute atomic E-state index is 0.302. The van der Waals surface area contributed by atoms with Crippen molar-refractivity contribution < 1.29 is 5.11 Å². The second kappa shape index (κ2) is 7.22. The fourth-order valence-corrected chi connectivity index (χ4v) is 4.29. The first-order valence-corrected chi connectivity index (χ1v) is 9.52. The number of aromatic hydroxyl groups is 1. The van der Waals surface area contributed by atoms with Crippen molar-refractivity contribution in [2.24, 2.45) is 4.99 Å². The van der Waals surface area contributed by atoms with Crippen LogP contribution in [0.5, 0.6) is 5.75 Å². The molecule has 0 amide bonds. The summed E-state index contributed by atoms with van der Waals surface area (Å²) in [5.41, 5.74) is 4.90. The van der Waals surface area contributed by atoms with E-state index < -0.39 is 0 Å². The molecule has 1 aliphatic rings. The quantitative estimate of drug-likeness (QED) is 0.644. The van der Waals surface area contributed by atoms with Crippen LogP contribution in [0.3, 0.4) is 0 Å². The highest BCUT2D eigenvalue weighted by atomic mass is 32.1. The van der Waals surface area contributed by atoms with E-state index in [9.17, 15) is 5.11 Å². The monoisotopic (exact) mass is 363 g/mol. The number of aliphatic imine (C=N–C) groups is 1. The Morgan fingerprint density at radius 3 is 2.77 bits per heavy atom. The number of rotatable bonds is 4. The second-order valence-corrected chi connectivity index (χ2v) is 7.41. The van der Waals surface area contributed by atoms with E-state index in [1.165, 1.54) is 26.4 Å². The number of thiophene rings is 1. The summed E-state index contributed by atoms with van der Waals surface area (Å²) >= 11 is 1.77. The molecular weight excluding hydrogens is 342 g/mol. The number of nitrogens with zero attached hydrogens (tertiary/aromatic N) is 1. The minimum Gasteiger partial charge on any atom is -0.508 e. The molecule has 2 aromatic carbocycles. The van der Waals surface area contributed by atoms with Gasteiger partial charge >= 0.3 is 0 Å². The lowest BCUT2D eigenvalue weighted by Crippen LogP contribution is -2.29. The Hall–Kier alpha value is -2.79. The molecule has 3 N–H and O–H groups in total. The first kappa shape index (κ1) is 16.7. The third-order valence-electron chi connectivity index (χ3n) is 4.51. The lowest BCUT2D eigenvalue weighted by Gasteiger charge is -2.16. The molecule has 1 aliphatic heterocycles. The molecule has 132 valence electrons. The van der Waals surface area contributed by atoms with Gasteiger partial charge in [-0.2, -0.15) is 0 Å². The number of hydrogen-bond donors (Lipinski definition) is 3. The molecule has 0 spiro atoms. The van der Waals surface area contributed by atoms with Crippen LogP contribution < -0.4 is 10.6 Å². The van der Waals surface area contributed by atoms with Crippen molar-refractivity contribution in [1.29, 1.82) is 0 Å². The topological polar surface area (TPSA) is 56.6 Å². The Labute approximate surface area is 157 Å². The summed E-state index contributed by atoms with van der Waals surface area (Å²) in [5.74, 6) is 1.26. The van der Waals surface area contributed by atoms with Crippen molar-refractivity contribution in [2.75, 3.05) is 18.5 Å². The van der Waals surface area contributed by atoms with Crippen LogP contribution in [0.1, 0.15) is 16.0 Å². The van der Waals surface area contributed by atoms with E-state index in [4.69, 9.17) is 0 Å². The first-order chi connectivity index (χ1) is 12.7. The number of amidine groups is 1. The smallest absolute Gasteiger partial charge is 0.142 e. The summed E-state index contributed by atoms with van der Waals surface area (Å²) in [5, 5.41) is 16.2. The molecule has 0 atom stereocenters. The van der Waals surface area contributed by atoms with Crippen LogP contribution in [0, 0.1) is 6.92 Å². The number of phenols is 1. The highest BCUT2D eigenvalue weighted by Crippen LogP contribution is 2.37. The van der Waals surface area contributed by atoms with Gasteiger partial charge < -0.3 is 15.7 Å². The Balaban J connectivity index is 1.49. The van der Waals surface area contributed by atoms with E-state index in [1.807, 2.05) is 12.1 Å². The highest BCUT2D eigenvalue weighted by Gasteiger charge is 2.19. The zero-order chi connectivity index (χ0) is 17.9. The Bertz CT molecular complexity index is 944. The fourth-order valence-electron chi connectivity index (χ4n) is 3.08. The minimum atomic E-state index is 0.302. The standard InChI is InChI=1S/C21H21N3OS/c1-14-4-2-3-5-17(14)19-12-18-20(26-19)21(24-13-23-18)22-11-10-15-6-8-16(25)9-7-15/h2-9,12,23,25H,10-11,13H2,1H3,(H,22,24). The van der Waals surface area contributed by atoms with Gasteiger partial charge in [-0.25, -0.2) is 4.99 Å². The van der Waals surface area contributed by atoms with Crippen molar-refractivity contribution in [3.05, 3.63) is 70.6 Å². The summed E-state index contributed by atoms with van der Waals surface area (Å²) in [6, 6.07) is 18.0. The SMILES string of the molecule is Cc1ccccc1-c1cc2c(s1)C(NCCc1ccc(O)cc1)=NCN2. The van der Waals surface area contributed by atoms with Crippen LogP contribution in [0.2, 0.25) is 0 Å². The van der Waals surface area contributed by atoms with Crippen LogP contribution in [0.4, 0.5) is 5.69 Å². The number of fused-ring (bicyclic) bond motifs is 1. The molecule has 0 fully saturated rings. The molecule has 2 heterocycles. The number of benzene rings is 2. The summed E-state index contributed by atoms with van der Waals surface area (Å²) in [7, 11) is 0. The van der Waals surface area contributed by atoms with Crippen molar-refractivity contribution >= 4 is 22.9 Å². The van der Waals surface area contributed by atoms with E-state index >= 15 is 0 Å². The molecule has 1 aromatic heterocycles. The highest BCUT2D eigenvalue weighted by molar-refractivity contribution is 7.18. The predicted molar refractivity (Wildman–Crippen MR) is 109 cm³/mol. The van der Waals surface area contributed by atoms with E-state index in [-0.39, 0.29) is 0 Å². The van der Waals surface area contributed by atoms with E-state index in [1.54, 1.807) is 23.5 Å². The van der Waals surface area contributed by atoms with Crippen molar-refractivity contribution in [3.63, 3.8) is 0 Å². The molecule has 0 radical (unpaired) electrons. The molecule has 26 heavy (non-hydrogen) atoms. The third-order valence-corrected chi connectivity index (χ3v) is 5.68. The molecule has 0 unspecified atom stereocenters.